The number of carbonyl (C=O) groups is 1. The first kappa shape index (κ1) is 18.0. The highest BCUT2D eigenvalue weighted by molar-refractivity contribution is 8.00. The van der Waals surface area contributed by atoms with Crippen LogP contribution >= 0.6 is 23.5 Å². The van der Waals surface area contributed by atoms with E-state index in [4.69, 9.17) is 9.47 Å². The predicted molar refractivity (Wildman–Crippen MR) is 103 cm³/mol. The Kier molecular flexibility index (Phi) is 6.53. The third-order valence-corrected chi connectivity index (χ3v) is 5.61. The van der Waals surface area contributed by atoms with Gasteiger partial charge in [0.2, 0.25) is 5.91 Å². The molecule has 132 valence electrons. The average Bonchev–Trinajstić information content (AvgIpc) is 2.65. The molecular weight excluding hydrogens is 354 g/mol. The molecule has 25 heavy (non-hydrogen) atoms. The molecule has 0 aliphatic carbocycles. The van der Waals surface area contributed by atoms with E-state index < -0.39 is 0 Å². The van der Waals surface area contributed by atoms with Crippen LogP contribution in [0.15, 0.2) is 52.3 Å². The van der Waals surface area contributed by atoms with Gasteiger partial charge in [0, 0.05) is 22.1 Å². The molecular formula is C19H21NO3S2. The van der Waals surface area contributed by atoms with Crippen molar-refractivity contribution in [3.63, 3.8) is 0 Å². The molecule has 1 aliphatic heterocycles. The van der Waals surface area contributed by atoms with Crippen molar-refractivity contribution in [1.29, 1.82) is 0 Å². The number of carbonyl (C=O) groups excluding carboxylic acids is 1. The van der Waals surface area contributed by atoms with Gasteiger partial charge >= 0.3 is 0 Å². The second kappa shape index (κ2) is 9.06. The van der Waals surface area contributed by atoms with Crippen molar-refractivity contribution < 1.29 is 14.3 Å². The zero-order chi connectivity index (χ0) is 17.5. The Bertz CT molecular complexity index is 719. The summed E-state index contributed by atoms with van der Waals surface area (Å²) < 4.78 is 11.1. The van der Waals surface area contributed by atoms with E-state index in [1.165, 1.54) is 22.2 Å². The van der Waals surface area contributed by atoms with Gasteiger partial charge in [-0.2, -0.15) is 0 Å². The lowest BCUT2D eigenvalue weighted by Crippen LogP contribution is -2.27. The van der Waals surface area contributed by atoms with Crippen molar-refractivity contribution in [2.75, 3.05) is 31.3 Å². The number of nitrogens with one attached hydrogen (secondary N) is 1. The van der Waals surface area contributed by atoms with Crippen LogP contribution in [-0.2, 0) is 4.79 Å². The number of rotatable bonds is 7. The smallest absolute Gasteiger partial charge is 0.230 e. The third-order valence-electron chi connectivity index (χ3n) is 3.60. The molecule has 0 unspecified atom stereocenters. The van der Waals surface area contributed by atoms with Crippen LogP contribution < -0.4 is 14.8 Å². The van der Waals surface area contributed by atoms with Crippen LogP contribution in [0.1, 0.15) is 5.56 Å². The van der Waals surface area contributed by atoms with E-state index in [-0.39, 0.29) is 5.91 Å². The molecule has 1 heterocycles. The number of aryl methyl sites for hydroxylation is 1. The maximum absolute atomic E-state index is 12.0. The zero-order valence-electron chi connectivity index (χ0n) is 14.1. The largest absolute Gasteiger partial charge is 0.486 e. The molecule has 1 amide bonds. The minimum absolute atomic E-state index is 0.0457. The Labute approximate surface area is 156 Å². The molecule has 3 rings (SSSR count). The molecule has 0 aromatic heterocycles. The molecule has 0 bridgehead atoms. The van der Waals surface area contributed by atoms with Crippen molar-refractivity contribution >= 4 is 29.4 Å². The summed E-state index contributed by atoms with van der Waals surface area (Å²) in [5.74, 6) is 2.84. The lowest BCUT2D eigenvalue weighted by atomic mass is 10.2. The normalized spacial score (nSPS) is 12.7. The zero-order valence-corrected chi connectivity index (χ0v) is 15.8. The number of thioether (sulfide) groups is 2. The van der Waals surface area contributed by atoms with E-state index in [0.29, 0.717) is 25.5 Å². The Morgan fingerprint density at radius 3 is 2.52 bits per heavy atom. The Morgan fingerprint density at radius 2 is 1.72 bits per heavy atom. The molecule has 4 nitrogen and oxygen atoms in total. The van der Waals surface area contributed by atoms with Gasteiger partial charge in [-0.05, 0) is 37.3 Å². The van der Waals surface area contributed by atoms with Gasteiger partial charge in [0.15, 0.2) is 11.5 Å². The lowest BCUT2D eigenvalue weighted by molar-refractivity contribution is -0.118. The molecule has 0 atom stereocenters. The van der Waals surface area contributed by atoms with Gasteiger partial charge in [-0.25, -0.2) is 0 Å². The van der Waals surface area contributed by atoms with E-state index in [1.54, 1.807) is 11.8 Å². The van der Waals surface area contributed by atoms with E-state index in [2.05, 4.69) is 36.5 Å². The van der Waals surface area contributed by atoms with E-state index in [0.717, 1.165) is 22.1 Å². The fourth-order valence-corrected chi connectivity index (χ4v) is 3.83. The molecule has 0 spiro atoms. The SMILES string of the molecule is Cc1ccc(SCCNC(=O)CSc2ccc3c(c2)OCCO3)cc1. The summed E-state index contributed by atoms with van der Waals surface area (Å²) in [5, 5.41) is 2.96. The van der Waals surface area contributed by atoms with Crippen LogP contribution in [0.25, 0.3) is 0 Å². The number of hydrogen-bond acceptors (Lipinski definition) is 5. The molecule has 2 aromatic rings. The predicted octanol–water partition coefficient (Wildman–Crippen LogP) is 3.77. The van der Waals surface area contributed by atoms with Gasteiger partial charge in [0.25, 0.3) is 0 Å². The quantitative estimate of drug-likeness (QED) is 0.590. The number of ether oxygens (including phenoxy) is 2. The topological polar surface area (TPSA) is 47.6 Å². The first-order valence-electron chi connectivity index (χ1n) is 8.19. The summed E-state index contributed by atoms with van der Waals surface area (Å²) in [5.41, 5.74) is 1.26. The molecule has 1 aliphatic rings. The lowest BCUT2D eigenvalue weighted by Gasteiger charge is -2.18. The fraction of sp³-hybridized carbons (Fsp3) is 0.316. The van der Waals surface area contributed by atoms with Crippen molar-refractivity contribution in [2.45, 2.75) is 16.7 Å². The molecule has 0 radical (unpaired) electrons. The van der Waals surface area contributed by atoms with Crippen molar-refractivity contribution in [3.8, 4) is 11.5 Å². The van der Waals surface area contributed by atoms with Crippen LogP contribution in [0, 0.1) is 6.92 Å². The first-order chi connectivity index (χ1) is 12.2. The summed E-state index contributed by atoms with van der Waals surface area (Å²) in [6, 6.07) is 14.2. The van der Waals surface area contributed by atoms with Crippen LogP contribution in [0.2, 0.25) is 0 Å². The number of benzene rings is 2. The van der Waals surface area contributed by atoms with Gasteiger partial charge < -0.3 is 14.8 Å². The monoisotopic (exact) mass is 375 g/mol. The van der Waals surface area contributed by atoms with Crippen LogP contribution in [-0.4, -0.2) is 37.2 Å². The summed E-state index contributed by atoms with van der Waals surface area (Å²) >= 11 is 3.25. The van der Waals surface area contributed by atoms with E-state index in [9.17, 15) is 4.79 Å². The first-order valence-corrected chi connectivity index (χ1v) is 10.2. The highest BCUT2D eigenvalue weighted by Gasteiger charge is 2.12. The van der Waals surface area contributed by atoms with Crippen molar-refractivity contribution in [1.82, 2.24) is 5.32 Å². The third kappa shape index (κ3) is 5.61. The highest BCUT2D eigenvalue weighted by Crippen LogP contribution is 2.34. The molecule has 0 saturated carbocycles. The van der Waals surface area contributed by atoms with Crippen LogP contribution in [0.4, 0.5) is 0 Å². The van der Waals surface area contributed by atoms with Gasteiger partial charge in [0.1, 0.15) is 13.2 Å². The molecule has 6 heteroatoms. The van der Waals surface area contributed by atoms with E-state index in [1.807, 2.05) is 18.2 Å². The van der Waals surface area contributed by atoms with Gasteiger partial charge in [-0.1, -0.05) is 17.7 Å². The molecule has 2 aromatic carbocycles. The van der Waals surface area contributed by atoms with E-state index >= 15 is 0 Å². The van der Waals surface area contributed by atoms with Gasteiger partial charge in [-0.15, -0.1) is 23.5 Å². The number of hydrogen-bond donors (Lipinski definition) is 1. The van der Waals surface area contributed by atoms with Gasteiger partial charge in [-0.3, -0.25) is 4.79 Å². The Balaban J connectivity index is 1.36. The average molecular weight is 376 g/mol. The summed E-state index contributed by atoms with van der Waals surface area (Å²) in [4.78, 5) is 14.2. The summed E-state index contributed by atoms with van der Waals surface area (Å²) in [6.07, 6.45) is 0. The second-order valence-electron chi connectivity index (χ2n) is 5.61. The standard InChI is InChI=1S/C19H21NO3S2/c1-14-2-4-15(5-3-14)24-11-8-20-19(21)13-25-16-6-7-17-18(12-16)23-10-9-22-17/h2-7,12H,8-11,13H2,1H3,(H,20,21). The maximum Gasteiger partial charge on any atom is 0.230 e. The van der Waals surface area contributed by atoms with Crippen LogP contribution in [0.3, 0.4) is 0 Å². The second-order valence-corrected chi connectivity index (χ2v) is 7.82. The van der Waals surface area contributed by atoms with Gasteiger partial charge in [0.05, 0.1) is 5.75 Å². The minimum Gasteiger partial charge on any atom is -0.486 e. The van der Waals surface area contributed by atoms with Crippen molar-refractivity contribution in [3.05, 3.63) is 48.0 Å². The fourth-order valence-electron chi connectivity index (χ4n) is 2.31. The van der Waals surface area contributed by atoms with Crippen LogP contribution in [0.5, 0.6) is 11.5 Å². The number of fused-ring (bicyclic) bond motifs is 1. The molecule has 0 fully saturated rings. The maximum atomic E-state index is 12.0. The summed E-state index contributed by atoms with van der Waals surface area (Å²) in [6.45, 7) is 3.90. The van der Waals surface area contributed by atoms with Crippen molar-refractivity contribution in [2.24, 2.45) is 0 Å². The Hall–Kier alpha value is -1.79. The highest BCUT2D eigenvalue weighted by atomic mass is 32.2. The molecule has 0 saturated heterocycles. The minimum atomic E-state index is 0.0457. The number of amides is 1. The Morgan fingerprint density at radius 1 is 1.00 bits per heavy atom. The summed E-state index contributed by atoms with van der Waals surface area (Å²) in [7, 11) is 0. The molecule has 1 N–H and O–H groups in total.